The number of amides is 1. The Morgan fingerprint density at radius 1 is 1.33 bits per heavy atom. The number of pyridine rings is 1. The van der Waals surface area contributed by atoms with Crippen LogP contribution in [0.25, 0.3) is 0 Å². The van der Waals surface area contributed by atoms with Gasteiger partial charge in [-0.3, -0.25) is 4.79 Å². The summed E-state index contributed by atoms with van der Waals surface area (Å²) in [5, 5.41) is 12.7. The number of nitrogens with zero attached hydrogens (tertiary/aromatic N) is 3. The molecule has 1 saturated carbocycles. The lowest BCUT2D eigenvalue weighted by Gasteiger charge is -2.38. The smallest absolute Gasteiger partial charge is 0.270 e. The fraction of sp³-hybridized carbons (Fsp3) is 0.474. The molecule has 1 unspecified atom stereocenters. The van der Waals surface area contributed by atoms with Crippen LogP contribution in [0.2, 0.25) is 0 Å². The normalized spacial score (nSPS) is 20.0. The number of aliphatic hydroxyl groups is 1. The molecule has 0 radical (unpaired) electrons. The molecule has 0 aromatic carbocycles. The van der Waals surface area contributed by atoms with Gasteiger partial charge < -0.3 is 20.9 Å². The van der Waals surface area contributed by atoms with Crippen LogP contribution in [0.1, 0.15) is 60.4 Å². The molecule has 2 aromatic rings. The van der Waals surface area contributed by atoms with Crippen LogP contribution in [-0.4, -0.2) is 39.2 Å². The van der Waals surface area contributed by atoms with Gasteiger partial charge in [0.2, 0.25) is 11.8 Å². The van der Waals surface area contributed by atoms with Crippen molar-refractivity contribution in [3.8, 4) is 5.88 Å². The number of nitrogens with two attached hydrogens (primary N) is 1. The molecule has 1 aliphatic rings. The fourth-order valence-electron chi connectivity index (χ4n) is 3.18. The first-order valence-electron chi connectivity index (χ1n) is 9.00. The molecule has 0 spiro atoms. The highest BCUT2D eigenvalue weighted by atomic mass is 16.5. The van der Waals surface area contributed by atoms with E-state index in [1.165, 1.54) is 0 Å². The van der Waals surface area contributed by atoms with E-state index < -0.39 is 0 Å². The number of carbonyl (C=O) groups is 1. The number of methoxy groups -OCH3 is 1. The van der Waals surface area contributed by atoms with Crippen molar-refractivity contribution in [1.29, 1.82) is 0 Å². The fourth-order valence-corrected chi connectivity index (χ4v) is 3.18. The molecular formula is C19H25N5O3. The van der Waals surface area contributed by atoms with Crippen molar-refractivity contribution in [2.24, 2.45) is 5.92 Å². The minimum Gasteiger partial charge on any atom is -0.481 e. The van der Waals surface area contributed by atoms with E-state index in [2.05, 4.69) is 20.3 Å². The summed E-state index contributed by atoms with van der Waals surface area (Å²) < 4.78 is 5.10. The van der Waals surface area contributed by atoms with Gasteiger partial charge in [-0.05, 0) is 36.3 Å². The molecule has 0 aliphatic heterocycles. The Labute approximate surface area is 158 Å². The predicted molar refractivity (Wildman–Crippen MR) is 100 cm³/mol. The number of ether oxygens (including phenoxy) is 1. The van der Waals surface area contributed by atoms with Crippen molar-refractivity contribution < 1.29 is 14.6 Å². The van der Waals surface area contributed by atoms with E-state index in [0.717, 1.165) is 11.3 Å². The Morgan fingerprint density at radius 3 is 2.63 bits per heavy atom. The molecule has 0 saturated heterocycles. The van der Waals surface area contributed by atoms with Crippen molar-refractivity contribution in [1.82, 2.24) is 20.3 Å². The Hall–Kier alpha value is -2.74. The molecule has 27 heavy (non-hydrogen) atoms. The molecule has 1 fully saturated rings. The zero-order valence-electron chi connectivity index (χ0n) is 15.7. The van der Waals surface area contributed by atoms with E-state index >= 15 is 0 Å². The van der Waals surface area contributed by atoms with E-state index in [1.807, 2.05) is 19.9 Å². The summed E-state index contributed by atoms with van der Waals surface area (Å²) in [6, 6.07) is 5.01. The number of aliphatic hydroxyl groups excluding tert-OH is 1. The van der Waals surface area contributed by atoms with Crippen LogP contribution in [0, 0.1) is 5.92 Å². The first kappa shape index (κ1) is 19.0. The maximum Gasteiger partial charge on any atom is 0.270 e. The van der Waals surface area contributed by atoms with E-state index in [-0.39, 0.29) is 41.5 Å². The second-order valence-electron chi connectivity index (χ2n) is 7.16. The highest BCUT2D eigenvalue weighted by Gasteiger charge is 2.36. The van der Waals surface area contributed by atoms with Crippen LogP contribution in [-0.2, 0) is 0 Å². The minimum atomic E-state index is -0.331. The third-order valence-electron chi connectivity index (χ3n) is 4.82. The largest absolute Gasteiger partial charge is 0.481 e. The first-order chi connectivity index (χ1) is 12.9. The van der Waals surface area contributed by atoms with Gasteiger partial charge in [0.15, 0.2) is 0 Å². The minimum absolute atomic E-state index is 0.0769. The molecular weight excluding hydrogens is 346 g/mol. The van der Waals surface area contributed by atoms with Crippen molar-refractivity contribution in [2.45, 2.75) is 44.8 Å². The van der Waals surface area contributed by atoms with Crippen LogP contribution in [0.3, 0.4) is 0 Å². The summed E-state index contributed by atoms with van der Waals surface area (Å²) >= 11 is 0. The Balaban J connectivity index is 1.84. The summed E-state index contributed by atoms with van der Waals surface area (Å²) in [6.07, 6.45) is 2.60. The molecule has 2 heterocycles. The number of nitrogen functional groups attached to an aromatic ring is 1. The lowest BCUT2D eigenvalue weighted by molar-refractivity contribution is 0.0234. The third kappa shape index (κ3) is 4.33. The van der Waals surface area contributed by atoms with E-state index in [1.54, 1.807) is 25.4 Å². The van der Waals surface area contributed by atoms with Crippen LogP contribution in [0.4, 0.5) is 5.95 Å². The number of rotatable bonds is 6. The van der Waals surface area contributed by atoms with Gasteiger partial charge in [0.1, 0.15) is 5.69 Å². The van der Waals surface area contributed by atoms with E-state index in [4.69, 9.17) is 10.5 Å². The summed E-state index contributed by atoms with van der Waals surface area (Å²) in [4.78, 5) is 25.3. The highest BCUT2D eigenvalue weighted by Crippen LogP contribution is 2.38. The Kier molecular flexibility index (Phi) is 5.55. The second kappa shape index (κ2) is 7.87. The Morgan fingerprint density at radius 2 is 2.07 bits per heavy atom. The average molecular weight is 371 g/mol. The monoisotopic (exact) mass is 371 g/mol. The topological polar surface area (TPSA) is 123 Å². The predicted octanol–water partition coefficient (Wildman–Crippen LogP) is 1.83. The number of carbonyl (C=O) groups excluding carboxylic acids is 1. The summed E-state index contributed by atoms with van der Waals surface area (Å²) in [5.41, 5.74) is 7.57. The number of hydrogen-bond acceptors (Lipinski definition) is 7. The van der Waals surface area contributed by atoms with E-state index in [9.17, 15) is 9.90 Å². The summed E-state index contributed by atoms with van der Waals surface area (Å²) in [5.74, 6) is 0.511. The molecule has 3 rings (SSSR count). The van der Waals surface area contributed by atoms with Crippen LogP contribution >= 0.6 is 0 Å². The van der Waals surface area contributed by atoms with Crippen LogP contribution in [0.15, 0.2) is 24.4 Å². The standard InChI is InChI=1S/C19H25N5O3/c1-10(2)14-8-15(23-19(20)22-14)18(26)24-17(12-6-13(25)7-12)11-4-5-16(27-3)21-9-11/h4-5,8-10,12-13,17,25H,6-7H2,1-3H3,(H,24,26)(H2,20,22,23). The van der Waals surface area contributed by atoms with Gasteiger partial charge in [-0.15, -0.1) is 0 Å². The molecule has 144 valence electrons. The summed E-state index contributed by atoms with van der Waals surface area (Å²) in [6.45, 7) is 3.95. The number of nitrogens with one attached hydrogen (secondary N) is 1. The SMILES string of the molecule is COc1ccc(C(NC(=O)c2cc(C(C)C)nc(N)n2)C2CC(O)C2)cn1. The van der Waals surface area contributed by atoms with Gasteiger partial charge >= 0.3 is 0 Å². The van der Waals surface area contributed by atoms with Crippen molar-refractivity contribution in [2.75, 3.05) is 12.8 Å². The molecule has 1 aliphatic carbocycles. The van der Waals surface area contributed by atoms with Crippen molar-refractivity contribution in [3.63, 3.8) is 0 Å². The Bertz CT molecular complexity index is 803. The number of aromatic nitrogens is 3. The highest BCUT2D eigenvalue weighted by molar-refractivity contribution is 5.93. The molecule has 4 N–H and O–H groups in total. The maximum atomic E-state index is 12.8. The van der Waals surface area contributed by atoms with Gasteiger partial charge in [0.25, 0.3) is 5.91 Å². The van der Waals surface area contributed by atoms with Gasteiger partial charge in [0.05, 0.1) is 19.3 Å². The zero-order valence-corrected chi connectivity index (χ0v) is 15.7. The maximum absolute atomic E-state index is 12.8. The van der Waals surface area contributed by atoms with Gasteiger partial charge in [-0.25, -0.2) is 15.0 Å². The van der Waals surface area contributed by atoms with Crippen molar-refractivity contribution in [3.05, 3.63) is 41.3 Å². The zero-order chi connectivity index (χ0) is 19.6. The molecule has 8 nitrogen and oxygen atoms in total. The first-order valence-corrected chi connectivity index (χ1v) is 9.00. The number of hydrogen-bond donors (Lipinski definition) is 3. The molecule has 1 amide bonds. The molecule has 2 aromatic heterocycles. The molecule has 8 heteroatoms. The van der Waals surface area contributed by atoms with Crippen LogP contribution < -0.4 is 15.8 Å². The average Bonchev–Trinajstić information content (AvgIpc) is 2.63. The van der Waals surface area contributed by atoms with Crippen molar-refractivity contribution >= 4 is 11.9 Å². The summed E-state index contributed by atoms with van der Waals surface area (Å²) in [7, 11) is 1.55. The third-order valence-corrected chi connectivity index (χ3v) is 4.82. The number of anilines is 1. The van der Waals surface area contributed by atoms with Gasteiger partial charge in [0, 0.05) is 18.0 Å². The van der Waals surface area contributed by atoms with Gasteiger partial charge in [-0.1, -0.05) is 19.9 Å². The molecule has 1 atom stereocenters. The van der Waals surface area contributed by atoms with Crippen LogP contribution in [0.5, 0.6) is 5.88 Å². The van der Waals surface area contributed by atoms with Gasteiger partial charge in [-0.2, -0.15) is 0 Å². The lowest BCUT2D eigenvalue weighted by atomic mass is 9.75. The lowest BCUT2D eigenvalue weighted by Crippen LogP contribution is -2.41. The van der Waals surface area contributed by atoms with E-state index in [0.29, 0.717) is 18.7 Å². The molecule has 0 bridgehead atoms. The quantitative estimate of drug-likeness (QED) is 0.708. The second-order valence-corrected chi connectivity index (χ2v) is 7.16.